The first-order valence-corrected chi connectivity index (χ1v) is 10.2. The van der Waals surface area contributed by atoms with Crippen molar-refractivity contribution in [3.63, 3.8) is 0 Å². The number of esters is 2. The highest BCUT2D eigenvalue weighted by Crippen LogP contribution is 2.25. The van der Waals surface area contributed by atoms with Crippen LogP contribution < -0.4 is 11.1 Å². The Labute approximate surface area is 184 Å². The average molecular weight is 441 g/mol. The minimum absolute atomic E-state index is 0.158. The predicted octanol–water partition coefficient (Wildman–Crippen LogP) is 3.59. The number of hydrogen-bond acceptors (Lipinski definition) is 7. The highest BCUT2D eigenvalue weighted by Gasteiger charge is 2.28. The molecule has 8 heteroatoms. The molecular formula is C22H33ClN2O5. The zero-order chi connectivity index (χ0) is 22.9. The number of nitrogens with two attached hydrogens (primary N) is 1. The van der Waals surface area contributed by atoms with Crippen LogP contribution in [0.2, 0.25) is 5.02 Å². The average Bonchev–Trinajstić information content (AvgIpc) is 2.76. The number of carbonyl (C=O) groups excluding carboxylic acids is 2. The van der Waals surface area contributed by atoms with E-state index in [1.165, 1.54) is 7.11 Å². The molecule has 1 aliphatic rings. The summed E-state index contributed by atoms with van der Waals surface area (Å²) in [5.74, 6) is -0.936. The van der Waals surface area contributed by atoms with Crippen LogP contribution in [0.15, 0.2) is 52.9 Å². The van der Waals surface area contributed by atoms with Gasteiger partial charge in [0, 0.05) is 23.7 Å². The molecule has 1 heterocycles. The molecule has 0 aliphatic carbocycles. The molecule has 30 heavy (non-hydrogen) atoms. The van der Waals surface area contributed by atoms with Gasteiger partial charge in [-0.2, -0.15) is 0 Å². The smallest absolute Gasteiger partial charge is 0.336 e. The molecule has 0 radical (unpaired) electrons. The maximum absolute atomic E-state index is 12.0. The van der Waals surface area contributed by atoms with Crippen molar-refractivity contribution in [2.75, 3.05) is 33.5 Å². The highest BCUT2D eigenvalue weighted by atomic mass is 35.5. The number of dihydropyridines is 1. The second-order valence-corrected chi connectivity index (χ2v) is 6.15. The Morgan fingerprint density at radius 2 is 1.77 bits per heavy atom. The van der Waals surface area contributed by atoms with Crippen LogP contribution in [0.3, 0.4) is 0 Å². The quantitative estimate of drug-likeness (QED) is 0.493. The fourth-order valence-corrected chi connectivity index (χ4v) is 2.50. The lowest BCUT2D eigenvalue weighted by Crippen LogP contribution is -2.30. The normalized spacial score (nSPS) is 12.6. The number of hydrogen-bond donors (Lipinski definition) is 2. The molecule has 2 rings (SSSR count). The lowest BCUT2D eigenvalue weighted by Gasteiger charge is -2.24. The van der Waals surface area contributed by atoms with Gasteiger partial charge in [-0.25, -0.2) is 9.59 Å². The molecule has 7 nitrogen and oxygen atoms in total. The Hall–Kier alpha value is -2.35. The van der Waals surface area contributed by atoms with E-state index in [0.29, 0.717) is 35.7 Å². The predicted molar refractivity (Wildman–Crippen MR) is 119 cm³/mol. The van der Waals surface area contributed by atoms with Crippen LogP contribution in [-0.2, 0) is 23.8 Å². The molecule has 0 fully saturated rings. The van der Waals surface area contributed by atoms with E-state index in [9.17, 15) is 9.59 Å². The van der Waals surface area contributed by atoms with Crippen molar-refractivity contribution in [3.8, 4) is 0 Å². The third-order valence-electron chi connectivity index (χ3n) is 3.70. The van der Waals surface area contributed by atoms with E-state index in [1.807, 2.05) is 44.2 Å². The molecule has 0 amide bonds. The molecule has 3 N–H and O–H groups in total. The van der Waals surface area contributed by atoms with E-state index < -0.39 is 11.9 Å². The van der Waals surface area contributed by atoms with Crippen molar-refractivity contribution in [2.45, 2.75) is 34.1 Å². The summed E-state index contributed by atoms with van der Waals surface area (Å²) in [7, 11) is 1.30. The summed E-state index contributed by atoms with van der Waals surface area (Å²) in [5.41, 5.74) is 7.38. The summed E-state index contributed by atoms with van der Waals surface area (Å²) in [6, 6.07) is 9.44. The molecule has 0 bridgehead atoms. The SMILES string of the molecule is CC.CCOC(=O)C1=C(COCCN)NC(C)=C(C(=O)OC)C1.Clc1ccccc1. The second-order valence-electron chi connectivity index (χ2n) is 5.71. The lowest BCUT2D eigenvalue weighted by atomic mass is 9.98. The number of benzene rings is 1. The highest BCUT2D eigenvalue weighted by molar-refractivity contribution is 6.30. The number of ether oxygens (including phenoxy) is 3. The molecule has 0 unspecified atom stereocenters. The van der Waals surface area contributed by atoms with E-state index >= 15 is 0 Å². The minimum atomic E-state index is -0.469. The maximum Gasteiger partial charge on any atom is 0.336 e. The Morgan fingerprint density at radius 1 is 1.13 bits per heavy atom. The Bertz CT molecular complexity index is 717. The summed E-state index contributed by atoms with van der Waals surface area (Å²) in [5, 5.41) is 3.82. The summed E-state index contributed by atoms with van der Waals surface area (Å²) >= 11 is 5.54. The molecule has 0 saturated carbocycles. The number of nitrogens with one attached hydrogen (secondary N) is 1. The van der Waals surface area contributed by atoms with Gasteiger partial charge in [-0.3, -0.25) is 0 Å². The van der Waals surface area contributed by atoms with Gasteiger partial charge in [0.2, 0.25) is 0 Å². The standard InChI is InChI=1S/C14H22N2O5.C6H5Cl.C2H6/c1-4-21-14(18)11-7-10(13(17)19-3)9(2)16-12(11)8-20-6-5-15;7-6-4-2-1-3-5-6;1-2/h16H,4-8,15H2,1-3H3;1-5H;1-2H3. The summed E-state index contributed by atoms with van der Waals surface area (Å²) in [6.45, 7) is 8.71. The van der Waals surface area contributed by atoms with E-state index in [2.05, 4.69) is 5.32 Å². The van der Waals surface area contributed by atoms with Crippen LogP contribution in [0.4, 0.5) is 0 Å². The largest absolute Gasteiger partial charge is 0.466 e. The van der Waals surface area contributed by atoms with Gasteiger partial charge in [0.25, 0.3) is 0 Å². The molecule has 1 aliphatic heterocycles. The van der Waals surface area contributed by atoms with Gasteiger partial charge in [-0.05, 0) is 26.0 Å². The van der Waals surface area contributed by atoms with Crippen molar-refractivity contribution < 1.29 is 23.8 Å². The molecule has 0 atom stereocenters. The first kappa shape index (κ1) is 27.7. The zero-order valence-electron chi connectivity index (χ0n) is 18.4. The summed E-state index contributed by atoms with van der Waals surface area (Å²) < 4.78 is 15.1. The molecule has 0 spiro atoms. The molecule has 1 aromatic carbocycles. The molecule has 168 valence electrons. The second kappa shape index (κ2) is 16.4. The number of methoxy groups -OCH3 is 1. The van der Waals surface area contributed by atoms with Crippen LogP contribution in [0, 0.1) is 0 Å². The van der Waals surface area contributed by atoms with Crippen LogP contribution in [-0.4, -0.2) is 45.4 Å². The monoisotopic (exact) mass is 440 g/mol. The summed E-state index contributed by atoms with van der Waals surface area (Å²) in [4.78, 5) is 23.8. The number of halogens is 1. The van der Waals surface area contributed by atoms with Crippen molar-refractivity contribution in [1.29, 1.82) is 0 Å². The number of carbonyl (C=O) groups is 2. The van der Waals surface area contributed by atoms with E-state index in [4.69, 9.17) is 31.5 Å². The van der Waals surface area contributed by atoms with Crippen molar-refractivity contribution in [3.05, 3.63) is 57.9 Å². The first-order chi connectivity index (χ1) is 14.4. The maximum atomic E-state index is 12.0. The molecule has 1 aromatic rings. The molecule has 0 aromatic heterocycles. The first-order valence-electron chi connectivity index (χ1n) is 9.87. The van der Waals surface area contributed by atoms with Crippen molar-refractivity contribution in [1.82, 2.24) is 5.32 Å². The topological polar surface area (TPSA) is 99.9 Å². The minimum Gasteiger partial charge on any atom is -0.466 e. The van der Waals surface area contributed by atoms with Gasteiger partial charge in [0.15, 0.2) is 0 Å². The molecule has 0 saturated heterocycles. The number of rotatable bonds is 7. The van der Waals surface area contributed by atoms with E-state index in [1.54, 1.807) is 13.8 Å². The van der Waals surface area contributed by atoms with Crippen LogP contribution in [0.1, 0.15) is 34.1 Å². The Kier molecular flexibility index (Phi) is 15.2. The van der Waals surface area contributed by atoms with Gasteiger partial charge in [-0.15, -0.1) is 0 Å². The zero-order valence-corrected chi connectivity index (χ0v) is 19.2. The van der Waals surface area contributed by atoms with E-state index in [-0.39, 0.29) is 19.6 Å². The van der Waals surface area contributed by atoms with Crippen LogP contribution in [0.5, 0.6) is 0 Å². The Morgan fingerprint density at radius 3 is 2.23 bits per heavy atom. The van der Waals surface area contributed by atoms with Crippen LogP contribution >= 0.6 is 11.6 Å². The van der Waals surface area contributed by atoms with Gasteiger partial charge in [0.1, 0.15) is 0 Å². The van der Waals surface area contributed by atoms with Gasteiger partial charge in [0.05, 0.1) is 43.8 Å². The fourth-order valence-electron chi connectivity index (χ4n) is 2.35. The molecular weight excluding hydrogens is 408 g/mol. The van der Waals surface area contributed by atoms with Gasteiger partial charge >= 0.3 is 11.9 Å². The van der Waals surface area contributed by atoms with E-state index in [0.717, 1.165) is 5.02 Å². The fraction of sp³-hybridized carbons (Fsp3) is 0.455. The van der Waals surface area contributed by atoms with Gasteiger partial charge < -0.3 is 25.3 Å². The van der Waals surface area contributed by atoms with Crippen molar-refractivity contribution >= 4 is 23.5 Å². The summed E-state index contributed by atoms with van der Waals surface area (Å²) in [6.07, 6.45) is 0.158. The van der Waals surface area contributed by atoms with Crippen LogP contribution in [0.25, 0.3) is 0 Å². The number of allylic oxidation sites excluding steroid dienone is 1. The third-order valence-corrected chi connectivity index (χ3v) is 3.96. The Balaban J connectivity index is 0.000000775. The lowest BCUT2D eigenvalue weighted by molar-refractivity contribution is -0.138. The third kappa shape index (κ3) is 9.91. The van der Waals surface area contributed by atoms with Crippen molar-refractivity contribution in [2.24, 2.45) is 5.73 Å². The van der Waals surface area contributed by atoms with Gasteiger partial charge in [-0.1, -0.05) is 43.6 Å².